The van der Waals surface area contributed by atoms with Crippen molar-refractivity contribution in [3.8, 4) is 0 Å². The quantitative estimate of drug-likeness (QED) is 0.194. The van der Waals surface area contributed by atoms with Crippen LogP contribution in [0.3, 0.4) is 0 Å². The van der Waals surface area contributed by atoms with E-state index >= 15 is 0 Å². The number of carboxylic acids is 2. The summed E-state index contributed by atoms with van der Waals surface area (Å²) in [6.07, 6.45) is -9.00. The zero-order chi connectivity index (χ0) is 23.5. The number of aliphatic hydroxyl groups excluding tert-OH is 3. The van der Waals surface area contributed by atoms with Crippen molar-refractivity contribution in [1.82, 2.24) is 4.31 Å². The number of nitro groups is 1. The maximum Gasteiger partial charge on any atom is 0.322 e. The fraction of sp³-hybridized carbons (Fsp3) is 0.500. The van der Waals surface area contributed by atoms with E-state index in [1.54, 1.807) is 0 Å². The van der Waals surface area contributed by atoms with Gasteiger partial charge < -0.3 is 30.3 Å². The van der Waals surface area contributed by atoms with E-state index in [-0.39, 0.29) is 4.31 Å². The fourth-order valence-electron chi connectivity index (χ4n) is 3.13. The first-order chi connectivity index (χ1) is 14.4. The molecule has 31 heavy (non-hydrogen) atoms. The molecule has 0 saturated carbocycles. The summed E-state index contributed by atoms with van der Waals surface area (Å²) in [7, 11) is -5.10. The minimum Gasteiger partial charge on any atom is -0.481 e. The number of ether oxygens (including phenoxy) is 1. The monoisotopic (exact) mass is 464 g/mol. The number of nitrogens with zero attached hydrogens (tertiary/aromatic N) is 2. The highest BCUT2D eigenvalue weighted by molar-refractivity contribution is 7.89. The average Bonchev–Trinajstić information content (AvgIpc) is 2.98. The van der Waals surface area contributed by atoms with Gasteiger partial charge in [-0.3, -0.25) is 19.7 Å². The molecule has 1 aliphatic heterocycles. The maximum absolute atomic E-state index is 13.4. The number of aliphatic carboxylic acids is 2. The zero-order valence-electron chi connectivity index (χ0n) is 15.7. The van der Waals surface area contributed by atoms with Crippen molar-refractivity contribution in [2.24, 2.45) is 0 Å². The molecule has 1 saturated heterocycles. The highest BCUT2D eigenvalue weighted by atomic mass is 32.2. The number of sulfonamides is 1. The molecule has 1 aromatic carbocycles. The van der Waals surface area contributed by atoms with Gasteiger partial charge in [-0.15, -0.1) is 0 Å². The van der Waals surface area contributed by atoms with E-state index in [0.717, 1.165) is 18.2 Å². The van der Waals surface area contributed by atoms with Gasteiger partial charge in [-0.1, -0.05) is 12.1 Å². The van der Waals surface area contributed by atoms with Gasteiger partial charge in [0.15, 0.2) is 11.1 Å². The summed E-state index contributed by atoms with van der Waals surface area (Å²) in [6.45, 7) is -0.860. The predicted molar refractivity (Wildman–Crippen MR) is 98.2 cm³/mol. The largest absolute Gasteiger partial charge is 0.481 e. The molecule has 172 valence electrons. The molecule has 0 aromatic heterocycles. The van der Waals surface area contributed by atoms with Crippen molar-refractivity contribution in [2.45, 2.75) is 48.3 Å². The average molecular weight is 464 g/mol. The molecule has 0 bridgehead atoms. The van der Waals surface area contributed by atoms with Crippen LogP contribution in [0.4, 0.5) is 5.69 Å². The number of carbonyl (C=O) groups is 2. The Morgan fingerprint density at radius 3 is 2.29 bits per heavy atom. The van der Waals surface area contributed by atoms with E-state index in [1.165, 1.54) is 6.07 Å². The Morgan fingerprint density at radius 2 is 1.81 bits per heavy atom. The van der Waals surface area contributed by atoms with Gasteiger partial charge in [-0.05, 0) is 12.5 Å². The van der Waals surface area contributed by atoms with Gasteiger partial charge in [-0.25, -0.2) is 8.42 Å². The van der Waals surface area contributed by atoms with Gasteiger partial charge in [0, 0.05) is 12.5 Å². The number of para-hydroxylation sites is 1. The summed E-state index contributed by atoms with van der Waals surface area (Å²) < 4.78 is 32.0. The lowest BCUT2D eigenvalue weighted by Gasteiger charge is -2.33. The molecule has 1 fully saturated rings. The Morgan fingerprint density at radius 1 is 1.19 bits per heavy atom. The third kappa shape index (κ3) is 4.97. The van der Waals surface area contributed by atoms with Crippen LogP contribution in [0.25, 0.3) is 0 Å². The molecule has 0 radical (unpaired) electrons. The minimum atomic E-state index is -5.10. The van der Waals surface area contributed by atoms with Crippen molar-refractivity contribution >= 4 is 27.6 Å². The second kappa shape index (κ2) is 9.63. The van der Waals surface area contributed by atoms with Crippen molar-refractivity contribution in [2.75, 3.05) is 6.61 Å². The number of benzene rings is 1. The third-order valence-corrected chi connectivity index (χ3v) is 6.53. The molecule has 5 N–H and O–H groups in total. The van der Waals surface area contributed by atoms with Gasteiger partial charge >= 0.3 is 11.9 Å². The Labute approximate surface area is 175 Å². The molecule has 2 rings (SSSR count). The summed E-state index contributed by atoms with van der Waals surface area (Å²) in [4.78, 5) is 32.2. The van der Waals surface area contributed by atoms with Crippen LogP contribution in [0.2, 0.25) is 0 Å². The third-order valence-electron chi connectivity index (χ3n) is 4.61. The number of carboxylic acid groups (broad SMARTS) is 2. The molecule has 1 aromatic rings. The van der Waals surface area contributed by atoms with Gasteiger partial charge in [0.2, 0.25) is 0 Å². The standard InChI is InChI=1S/C16H20N2O12S/c19-7-10-13(22)14(23)15(30-10)17(9(16(24)25)5-6-12(20)21)31(28,29)11-4-2-1-3-8(11)18(26)27/h1-4,9-10,13-15,19,22-23H,5-7H2,(H,20,21)(H,24,25)/t9-,10-,13-,14+,15-/m0/s1. The van der Waals surface area contributed by atoms with Crippen molar-refractivity contribution in [3.63, 3.8) is 0 Å². The summed E-state index contributed by atoms with van der Waals surface area (Å²) >= 11 is 0. The first-order valence-corrected chi connectivity index (χ1v) is 10.2. The Hall–Kier alpha value is -2.69. The highest BCUT2D eigenvalue weighted by Gasteiger charge is 2.53. The first-order valence-electron chi connectivity index (χ1n) is 8.77. The molecular formula is C16H20N2O12S. The number of hydrogen-bond acceptors (Lipinski definition) is 10. The first kappa shape index (κ1) is 24.6. The zero-order valence-corrected chi connectivity index (χ0v) is 16.5. The van der Waals surface area contributed by atoms with Crippen LogP contribution in [0.15, 0.2) is 29.2 Å². The molecular weight excluding hydrogens is 444 g/mol. The smallest absolute Gasteiger partial charge is 0.322 e. The number of nitro benzene ring substituents is 1. The molecule has 14 nitrogen and oxygen atoms in total. The van der Waals surface area contributed by atoms with E-state index < -0.39 is 87.5 Å². The Kier molecular flexibility index (Phi) is 7.63. The normalized spacial score (nSPS) is 24.8. The van der Waals surface area contributed by atoms with Crippen LogP contribution in [0.1, 0.15) is 12.8 Å². The summed E-state index contributed by atoms with van der Waals surface area (Å²) in [5.74, 6) is -3.27. The molecule has 0 amide bonds. The van der Waals surface area contributed by atoms with Crippen LogP contribution in [0.5, 0.6) is 0 Å². The van der Waals surface area contributed by atoms with Crippen LogP contribution in [-0.2, 0) is 24.3 Å². The van der Waals surface area contributed by atoms with E-state index in [4.69, 9.17) is 9.84 Å². The Bertz CT molecular complexity index is 952. The molecule has 5 atom stereocenters. The second-order valence-electron chi connectivity index (χ2n) is 6.58. The number of hydrogen-bond donors (Lipinski definition) is 5. The molecule has 15 heteroatoms. The molecule has 0 spiro atoms. The number of aliphatic hydroxyl groups is 3. The second-order valence-corrected chi connectivity index (χ2v) is 8.39. The van der Waals surface area contributed by atoms with E-state index in [1.807, 2.05) is 0 Å². The van der Waals surface area contributed by atoms with E-state index in [2.05, 4.69) is 0 Å². The summed E-state index contributed by atoms with van der Waals surface area (Å²) in [6, 6.07) is 1.87. The van der Waals surface area contributed by atoms with Crippen molar-refractivity contribution in [1.29, 1.82) is 0 Å². The van der Waals surface area contributed by atoms with Crippen LogP contribution >= 0.6 is 0 Å². The molecule has 1 aliphatic rings. The minimum absolute atomic E-state index is 0.0875. The molecule has 0 unspecified atom stereocenters. The summed E-state index contributed by atoms with van der Waals surface area (Å²) in [5.41, 5.74) is -0.901. The van der Waals surface area contributed by atoms with Crippen LogP contribution in [0, 0.1) is 10.1 Å². The van der Waals surface area contributed by atoms with E-state index in [9.17, 15) is 48.5 Å². The highest BCUT2D eigenvalue weighted by Crippen LogP contribution is 2.34. The van der Waals surface area contributed by atoms with Gasteiger partial charge in [0.25, 0.3) is 15.7 Å². The molecule has 1 heterocycles. The lowest BCUT2D eigenvalue weighted by Crippen LogP contribution is -2.55. The molecule has 0 aliphatic carbocycles. The van der Waals surface area contributed by atoms with E-state index in [0.29, 0.717) is 0 Å². The lowest BCUT2D eigenvalue weighted by molar-refractivity contribution is -0.387. The summed E-state index contributed by atoms with van der Waals surface area (Å²) in [5, 5.41) is 59.4. The van der Waals surface area contributed by atoms with Crippen molar-refractivity contribution in [3.05, 3.63) is 34.4 Å². The fourth-order valence-corrected chi connectivity index (χ4v) is 4.99. The van der Waals surface area contributed by atoms with Gasteiger partial charge in [-0.2, -0.15) is 4.31 Å². The predicted octanol–water partition coefficient (Wildman–Crippen LogP) is -1.66. The van der Waals surface area contributed by atoms with Crippen molar-refractivity contribution < 1.29 is 53.2 Å². The number of rotatable bonds is 10. The topological polar surface area (TPSA) is 225 Å². The van der Waals surface area contributed by atoms with Crippen LogP contribution < -0.4 is 0 Å². The van der Waals surface area contributed by atoms with Gasteiger partial charge in [0.1, 0.15) is 24.4 Å². The lowest BCUT2D eigenvalue weighted by atomic mass is 10.1. The Balaban J connectivity index is 2.68. The SMILES string of the molecule is O=C(O)CC[C@@H](C(=O)O)N([C@H]1O[C@@H](CO)[C@H](O)[C@H]1O)S(=O)(=O)c1ccccc1[N+](=O)[O-]. The maximum atomic E-state index is 13.4. The van der Waals surface area contributed by atoms with Crippen LogP contribution in [-0.4, -0.2) is 92.3 Å². The van der Waals surface area contributed by atoms with Gasteiger partial charge in [0.05, 0.1) is 11.5 Å².